The summed E-state index contributed by atoms with van der Waals surface area (Å²) in [6.07, 6.45) is 4.40. The van der Waals surface area contributed by atoms with Gasteiger partial charge in [0.2, 0.25) is 6.41 Å². The van der Waals surface area contributed by atoms with Gasteiger partial charge in [-0.05, 0) is 11.1 Å². The lowest BCUT2D eigenvalue weighted by Crippen LogP contribution is -2.18. The van der Waals surface area contributed by atoms with Crippen molar-refractivity contribution in [2.45, 2.75) is 27.7 Å². The highest BCUT2D eigenvalue weighted by molar-refractivity contribution is 5.54. The Morgan fingerprint density at radius 2 is 1.33 bits per heavy atom. The number of hydrogen-bond acceptors (Lipinski definition) is 1. The average Bonchev–Trinajstić information content (AvgIpc) is 2.76. The van der Waals surface area contributed by atoms with Crippen LogP contribution in [0.1, 0.15) is 27.7 Å². The summed E-state index contributed by atoms with van der Waals surface area (Å²) in [5.74, 6) is 0. The van der Waals surface area contributed by atoms with Crippen molar-refractivity contribution in [1.29, 1.82) is 0 Å². The Morgan fingerprint density at radius 3 is 1.53 bits per heavy atom. The van der Waals surface area contributed by atoms with Gasteiger partial charge in [0.25, 0.3) is 0 Å². The molecule has 0 aromatic heterocycles. The molecule has 0 atom stereocenters. The van der Waals surface area contributed by atoms with Crippen molar-refractivity contribution >= 4 is 6.41 Å². The molecule has 0 spiro atoms. The van der Waals surface area contributed by atoms with E-state index >= 15 is 0 Å². The van der Waals surface area contributed by atoms with E-state index in [1.54, 1.807) is 17.1 Å². The van der Waals surface area contributed by atoms with Crippen LogP contribution >= 0.6 is 0 Å². The number of carbonyl (C=O) groups is 1. The third-order valence-corrected chi connectivity index (χ3v) is 1.80. The lowest BCUT2D eigenvalue weighted by molar-refractivity contribution is -0.117. The third-order valence-electron chi connectivity index (χ3n) is 1.80. The normalized spacial score (nSPS) is 13.2. The summed E-state index contributed by atoms with van der Waals surface area (Å²) in [5.41, 5.74) is 2.21. The predicted octanol–water partition coefficient (Wildman–Crippen LogP) is 3.18. The molecule has 0 bridgehead atoms. The van der Waals surface area contributed by atoms with Crippen molar-refractivity contribution in [2.75, 3.05) is 13.1 Å². The molecule has 0 fully saturated rings. The van der Waals surface area contributed by atoms with Gasteiger partial charge in [-0.15, -0.1) is 0 Å². The summed E-state index contributed by atoms with van der Waals surface area (Å²) < 4.78 is 0. The molecule has 0 saturated heterocycles. The molecule has 0 saturated carbocycles. The van der Waals surface area contributed by atoms with Crippen LogP contribution < -0.4 is 0 Å². The van der Waals surface area contributed by atoms with Crippen LogP contribution in [0.3, 0.4) is 0 Å². The minimum Gasteiger partial charge on any atom is -0.337 e. The van der Waals surface area contributed by atoms with Crippen molar-refractivity contribution in [3.63, 3.8) is 0 Å². The lowest BCUT2D eigenvalue weighted by atomic mass is 10.1. The SMILES string of the molecule is C=CC1=C(C=C)CN(C=O)C1.CC.CC. The fourth-order valence-corrected chi connectivity index (χ4v) is 1.16. The molecule has 2 heteroatoms. The topological polar surface area (TPSA) is 20.3 Å². The highest BCUT2D eigenvalue weighted by Crippen LogP contribution is 2.16. The lowest BCUT2D eigenvalue weighted by Gasteiger charge is -2.06. The van der Waals surface area contributed by atoms with E-state index in [-0.39, 0.29) is 0 Å². The summed E-state index contributed by atoms with van der Waals surface area (Å²) in [5, 5.41) is 0. The zero-order valence-corrected chi connectivity index (χ0v) is 10.4. The first kappa shape index (κ1) is 16.1. The van der Waals surface area contributed by atoms with Gasteiger partial charge in [-0.3, -0.25) is 4.79 Å². The van der Waals surface area contributed by atoms with Crippen LogP contribution in [0.4, 0.5) is 0 Å². The summed E-state index contributed by atoms with van der Waals surface area (Å²) in [6.45, 7) is 16.7. The highest BCUT2D eigenvalue weighted by Gasteiger charge is 2.15. The molecule has 0 aromatic carbocycles. The van der Waals surface area contributed by atoms with Crippen LogP contribution in [0, 0.1) is 0 Å². The minimum absolute atomic E-state index is 0.675. The minimum atomic E-state index is 0.675. The Hall–Kier alpha value is -1.31. The molecule has 1 rings (SSSR count). The number of carbonyl (C=O) groups excluding carboxylic acids is 1. The van der Waals surface area contributed by atoms with Crippen LogP contribution in [-0.4, -0.2) is 24.4 Å². The maximum atomic E-state index is 10.4. The largest absolute Gasteiger partial charge is 0.337 e. The maximum Gasteiger partial charge on any atom is 0.210 e. The molecule has 1 aliphatic rings. The highest BCUT2D eigenvalue weighted by atomic mass is 16.1. The van der Waals surface area contributed by atoms with E-state index in [1.807, 2.05) is 27.7 Å². The Balaban J connectivity index is 0. The molecular weight excluding hydrogens is 186 g/mol. The summed E-state index contributed by atoms with van der Waals surface area (Å²) in [7, 11) is 0. The Morgan fingerprint density at radius 1 is 1.00 bits per heavy atom. The Bertz CT molecular complexity index is 209. The van der Waals surface area contributed by atoms with E-state index in [0.29, 0.717) is 13.1 Å². The van der Waals surface area contributed by atoms with Crippen molar-refractivity contribution in [3.05, 3.63) is 36.5 Å². The van der Waals surface area contributed by atoms with Crippen LogP contribution in [0.25, 0.3) is 0 Å². The molecule has 15 heavy (non-hydrogen) atoms. The van der Waals surface area contributed by atoms with Gasteiger partial charge in [-0.25, -0.2) is 0 Å². The third kappa shape index (κ3) is 5.21. The molecule has 0 N–H and O–H groups in total. The first-order chi connectivity index (χ1) is 7.31. The number of amides is 1. The Labute approximate surface area is 94.0 Å². The zero-order chi connectivity index (χ0) is 12.3. The second-order valence-electron chi connectivity index (χ2n) is 2.47. The zero-order valence-electron chi connectivity index (χ0n) is 10.4. The molecule has 2 nitrogen and oxygen atoms in total. The van der Waals surface area contributed by atoms with E-state index in [2.05, 4.69) is 13.2 Å². The smallest absolute Gasteiger partial charge is 0.210 e. The van der Waals surface area contributed by atoms with Gasteiger partial charge in [-0.2, -0.15) is 0 Å². The molecule has 0 aliphatic carbocycles. The van der Waals surface area contributed by atoms with Crippen molar-refractivity contribution in [1.82, 2.24) is 4.90 Å². The predicted molar refractivity (Wildman–Crippen MR) is 67.8 cm³/mol. The van der Waals surface area contributed by atoms with E-state index < -0.39 is 0 Å². The van der Waals surface area contributed by atoms with E-state index in [0.717, 1.165) is 17.6 Å². The number of nitrogens with zero attached hydrogens (tertiary/aromatic N) is 1. The van der Waals surface area contributed by atoms with E-state index in [4.69, 9.17) is 0 Å². The first-order valence-corrected chi connectivity index (χ1v) is 5.48. The fraction of sp³-hybridized carbons (Fsp3) is 0.462. The molecular formula is C13H23NO. The van der Waals surface area contributed by atoms with Gasteiger partial charge < -0.3 is 4.90 Å². The quantitative estimate of drug-likeness (QED) is 0.654. The molecule has 86 valence electrons. The van der Waals surface area contributed by atoms with Crippen LogP contribution in [0.2, 0.25) is 0 Å². The summed E-state index contributed by atoms with van der Waals surface area (Å²) >= 11 is 0. The standard InChI is InChI=1S/C9H11NO.2C2H6/c1-3-8-5-10(7-11)6-9(8)4-2;2*1-2/h3-4,7H,1-2,5-6H2;2*1-2H3. The molecule has 0 aromatic rings. The summed E-state index contributed by atoms with van der Waals surface area (Å²) in [6, 6.07) is 0. The second-order valence-corrected chi connectivity index (χ2v) is 2.47. The molecule has 1 aliphatic heterocycles. The first-order valence-electron chi connectivity index (χ1n) is 5.48. The molecule has 1 heterocycles. The molecule has 0 unspecified atom stereocenters. The fourth-order valence-electron chi connectivity index (χ4n) is 1.16. The molecule has 0 radical (unpaired) electrons. The van der Waals surface area contributed by atoms with Crippen LogP contribution in [0.15, 0.2) is 36.5 Å². The van der Waals surface area contributed by atoms with Gasteiger partial charge in [0.05, 0.1) is 0 Å². The van der Waals surface area contributed by atoms with E-state index in [1.165, 1.54) is 0 Å². The number of rotatable bonds is 3. The van der Waals surface area contributed by atoms with Gasteiger partial charge in [0.15, 0.2) is 0 Å². The van der Waals surface area contributed by atoms with Gasteiger partial charge in [0, 0.05) is 13.1 Å². The number of hydrogen-bond donors (Lipinski definition) is 0. The molecule has 1 amide bonds. The van der Waals surface area contributed by atoms with Gasteiger partial charge in [0.1, 0.15) is 0 Å². The van der Waals surface area contributed by atoms with E-state index in [9.17, 15) is 4.79 Å². The van der Waals surface area contributed by atoms with Crippen molar-refractivity contribution < 1.29 is 4.79 Å². The monoisotopic (exact) mass is 209 g/mol. The van der Waals surface area contributed by atoms with Gasteiger partial charge >= 0.3 is 0 Å². The van der Waals surface area contributed by atoms with Gasteiger partial charge in [-0.1, -0.05) is 53.0 Å². The van der Waals surface area contributed by atoms with Crippen LogP contribution in [-0.2, 0) is 4.79 Å². The van der Waals surface area contributed by atoms with Crippen LogP contribution in [0.5, 0.6) is 0 Å². The Kier molecular flexibility index (Phi) is 11.6. The second kappa shape index (κ2) is 10.8. The van der Waals surface area contributed by atoms with Crippen molar-refractivity contribution in [3.8, 4) is 0 Å². The summed E-state index contributed by atoms with van der Waals surface area (Å²) in [4.78, 5) is 12.0. The maximum absolute atomic E-state index is 10.4. The van der Waals surface area contributed by atoms with Crippen molar-refractivity contribution in [2.24, 2.45) is 0 Å². The average molecular weight is 209 g/mol.